The zero-order valence-corrected chi connectivity index (χ0v) is 23.6. The van der Waals surface area contributed by atoms with Crippen LogP contribution in [0.3, 0.4) is 0 Å². The molecule has 1 heterocycles. The first-order chi connectivity index (χ1) is 14.8. The number of halogens is 3. The topological polar surface area (TPSA) is 169 Å². The quantitative estimate of drug-likeness (QED) is 0.227. The second-order valence-electron chi connectivity index (χ2n) is 7.03. The average molecular weight is 789 g/mol. The van der Waals surface area contributed by atoms with Gasteiger partial charge >= 0.3 is 0 Å². The number of nitrogens with one attached hydrogen (secondary N) is 2. The maximum absolute atomic E-state index is 13.2. The number of ether oxygens (including phenoxy) is 1. The van der Waals surface area contributed by atoms with Gasteiger partial charge in [-0.2, -0.15) is 0 Å². The summed E-state index contributed by atoms with van der Waals surface area (Å²) in [5.74, 6) is -1.41. The number of carbonyl (C=O) groups excluding carboxylic acids is 3. The Kier molecular flexibility index (Phi) is 9.89. The smallest absolute Gasteiger partial charge is 0.254 e. The Morgan fingerprint density at radius 3 is 2.12 bits per heavy atom. The molecule has 32 heavy (non-hydrogen) atoms. The van der Waals surface area contributed by atoms with Crippen LogP contribution < -0.4 is 15.5 Å². The summed E-state index contributed by atoms with van der Waals surface area (Å²) < 4.78 is 6.40. The fraction of sp³-hybridized carbons (Fsp3) is 0.500. The van der Waals surface area contributed by atoms with Crippen LogP contribution in [0.4, 0.5) is 11.4 Å². The minimum absolute atomic E-state index is 0.0941. The van der Waals surface area contributed by atoms with Crippen molar-refractivity contribution >= 4 is 96.9 Å². The summed E-state index contributed by atoms with van der Waals surface area (Å²) in [5.41, 5.74) is 0.819. The van der Waals surface area contributed by atoms with Crippen molar-refractivity contribution in [3.05, 3.63) is 16.3 Å². The summed E-state index contributed by atoms with van der Waals surface area (Å²) >= 11 is 5.78. The standard InChI is InChI=1S/C18H22I3N3O8/c1-5(26)22-12-9(19)8(10(20)14(11(12)21)24(3)6(2)27)17(30)23-13-16(29)15(28)7(4-25)32-18(13)31/h7,13,15-16,18,25,28-29,31H,4H2,1-3H3,(H,22,26)(H,23,30)/t7-,13+,15-,16+,18-/m1/s1. The van der Waals surface area contributed by atoms with E-state index in [4.69, 9.17) is 4.74 Å². The van der Waals surface area contributed by atoms with Crippen molar-refractivity contribution in [2.45, 2.75) is 44.5 Å². The average Bonchev–Trinajstić information content (AvgIpc) is 2.70. The lowest BCUT2D eigenvalue weighted by molar-refractivity contribution is -0.252. The van der Waals surface area contributed by atoms with Crippen molar-refractivity contribution in [3.8, 4) is 0 Å². The van der Waals surface area contributed by atoms with Crippen LogP contribution in [0, 0.1) is 10.7 Å². The Morgan fingerprint density at radius 1 is 1.03 bits per heavy atom. The third-order valence-corrected chi connectivity index (χ3v) is 8.01. The van der Waals surface area contributed by atoms with Gasteiger partial charge in [-0.1, -0.05) is 0 Å². The fourth-order valence-electron chi connectivity index (χ4n) is 3.06. The third kappa shape index (κ3) is 5.63. The van der Waals surface area contributed by atoms with E-state index in [0.29, 0.717) is 22.1 Å². The van der Waals surface area contributed by atoms with E-state index in [1.54, 1.807) is 0 Å². The third-order valence-electron chi connectivity index (χ3n) is 4.83. The van der Waals surface area contributed by atoms with E-state index in [1.807, 2.05) is 67.8 Å². The van der Waals surface area contributed by atoms with Gasteiger partial charge in [-0.3, -0.25) is 14.4 Å². The minimum Gasteiger partial charge on any atom is -0.394 e. The van der Waals surface area contributed by atoms with Gasteiger partial charge in [-0.05, 0) is 67.8 Å². The predicted octanol–water partition coefficient (Wildman–Crippen LogP) is -0.0288. The maximum Gasteiger partial charge on any atom is 0.254 e. The van der Waals surface area contributed by atoms with Crippen molar-refractivity contribution in [2.75, 3.05) is 23.9 Å². The molecule has 0 saturated carbocycles. The van der Waals surface area contributed by atoms with Crippen LogP contribution in [0.2, 0.25) is 0 Å². The number of amides is 3. The molecule has 5 atom stereocenters. The van der Waals surface area contributed by atoms with Crippen LogP contribution in [-0.2, 0) is 14.3 Å². The Morgan fingerprint density at radius 2 is 1.62 bits per heavy atom. The first kappa shape index (κ1) is 27.9. The molecule has 0 spiro atoms. The van der Waals surface area contributed by atoms with Crippen molar-refractivity contribution in [1.82, 2.24) is 5.32 Å². The summed E-state index contributed by atoms with van der Waals surface area (Å²) in [6, 6.07) is -1.40. The zero-order chi connectivity index (χ0) is 24.5. The SMILES string of the molecule is CC(=O)Nc1c(I)c(C(=O)N[C@H]2[C@H](O)[C@H](O)[C@@H](CO)O[C@H]2O)c(I)c(N(C)C(C)=O)c1I. The van der Waals surface area contributed by atoms with Crippen LogP contribution in [0.25, 0.3) is 0 Å². The molecule has 6 N–H and O–H groups in total. The first-order valence-corrected chi connectivity index (χ1v) is 12.4. The highest BCUT2D eigenvalue weighted by Gasteiger charge is 2.44. The molecular weight excluding hydrogens is 767 g/mol. The highest BCUT2D eigenvalue weighted by atomic mass is 127. The molecule has 11 nitrogen and oxygen atoms in total. The second-order valence-corrected chi connectivity index (χ2v) is 10.3. The highest BCUT2D eigenvalue weighted by Crippen LogP contribution is 2.40. The molecule has 0 aromatic heterocycles. The summed E-state index contributed by atoms with van der Waals surface area (Å²) in [7, 11) is 1.53. The number of rotatable bonds is 5. The Bertz CT molecular complexity index is 931. The molecule has 1 aliphatic rings. The van der Waals surface area contributed by atoms with E-state index < -0.39 is 43.2 Å². The lowest BCUT2D eigenvalue weighted by Gasteiger charge is -2.40. The van der Waals surface area contributed by atoms with Gasteiger partial charge < -0.3 is 40.7 Å². The summed E-state index contributed by atoms with van der Waals surface area (Å²) in [6.45, 7) is 2.03. The molecule has 0 bridgehead atoms. The Balaban J connectivity index is 2.56. The second kappa shape index (κ2) is 11.4. The van der Waals surface area contributed by atoms with E-state index >= 15 is 0 Å². The van der Waals surface area contributed by atoms with Crippen LogP contribution in [0.15, 0.2) is 0 Å². The largest absolute Gasteiger partial charge is 0.394 e. The van der Waals surface area contributed by atoms with E-state index in [9.17, 15) is 34.8 Å². The van der Waals surface area contributed by atoms with Crippen LogP contribution in [-0.4, -0.2) is 82.4 Å². The molecule has 1 saturated heterocycles. The Hall–Kier alpha value is -0.380. The number of nitrogens with zero attached hydrogens (tertiary/aromatic N) is 1. The molecule has 14 heteroatoms. The molecular formula is C18H22I3N3O8. The van der Waals surface area contributed by atoms with Gasteiger partial charge in [0.1, 0.15) is 24.4 Å². The molecule has 0 radical (unpaired) electrons. The minimum atomic E-state index is -1.69. The maximum atomic E-state index is 13.2. The summed E-state index contributed by atoms with van der Waals surface area (Å²) in [6.07, 6.45) is -6.07. The number of benzene rings is 1. The summed E-state index contributed by atoms with van der Waals surface area (Å²) in [4.78, 5) is 38.4. The van der Waals surface area contributed by atoms with Gasteiger partial charge in [0.25, 0.3) is 5.91 Å². The van der Waals surface area contributed by atoms with Crippen LogP contribution >= 0.6 is 67.8 Å². The van der Waals surface area contributed by atoms with Gasteiger partial charge in [0, 0.05) is 20.9 Å². The van der Waals surface area contributed by atoms with Crippen molar-refractivity contribution in [2.24, 2.45) is 0 Å². The van der Waals surface area contributed by atoms with Gasteiger partial charge in [0.15, 0.2) is 6.29 Å². The monoisotopic (exact) mass is 789 g/mol. The number of aliphatic hydroxyl groups is 4. The molecule has 3 amide bonds. The Labute approximate surface area is 224 Å². The highest BCUT2D eigenvalue weighted by molar-refractivity contribution is 14.1. The van der Waals surface area contributed by atoms with E-state index in [-0.39, 0.29) is 17.4 Å². The molecule has 0 unspecified atom stereocenters. The lowest BCUT2D eigenvalue weighted by Crippen LogP contribution is -2.64. The van der Waals surface area contributed by atoms with E-state index in [1.165, 1.54) is 25.8 Å². The lowest BCUT2D eigenvalue weighted by atomic mass is 9.96. The molecule has 1 aromatic rings. The molecule has 0 aliphatic carbocycles. The number of anilines is 2. The van der Waals surface area contributed by atoms with Crippen molar-refractivity contribution < 1.29 is 39.5 Å². The van der Waals surface area contributed by atoms with Crippen LogP contribution in [0.5, 0.6) is 0 Å². The first-order valence-electron chi connectivity index (χ1n) is 9.17. The van der Waals surface area contributed by atoms with Gasteiger partial charge in [0.2, 0.25) is 11.8 Å². The van der Waals surface area contributed by atoms with Crippen molar-refractivity contribution in [3.63, 3.8) is 0 Å². The molecule has 1 fully saturated rings. The predicted molar refractivity (Wildman–Crippen MR) is 139 cm³/mol. The molecule has 2 rings (SSSR count). The molecule has 178 valence electrons. The van der Waals surface area contributed by atoms with E-state index in [0.717, 1.165) is 0 Å². The number of carbonyl (C=O) groups is 3. The molecule has 1 aliphatic heterocycles. The normalized spacial score (nSPS) is 25.2. The van der Waals surface area contributed by atoms with Gasteiger partial charge in [0.05, 0.1) is 34.3 Å². The fourth-order valence-corrected chi connectivity index (χ4v) is 7.71. The van der Waals surface area contributed by atoms with E-state index in [2.05, 4.69) is 10.6 Å². The molecule has 1 aromatic carbocycles. The van der Waals surface area contributed by atoms with Crippen LogP contribution in [0.1, 0.15) is 24.2 Å². The zero-order valence-electron chi connectivity index (χ0n) is 17.1. The number of hydrogen-bond donors (Lipinski definition) is 6. The van der Waals surface area contributed by atoms with Crippen molar-refractivity contribution in [1.29, 1.82) is 0 Å². The van der Waals surface area contributed by atoms with Gasteiger partial charge in [-0.25, -0.2) is 0 Å². The number of aliphatic hydroxyl groups excluding tert-OH is 4. The number of hydrogen-bond acceptors (Lipinski definition) is 8. The van der Waals surface area contributed by atoms with Gasteiger partial charge in [-0.15, -0.1) is 0 Å². The summed E-state index contributed by atoms with van der Waals surface area (Å²) in [5, 5.41) is 45.0.